The molecule has 0 fully saturated rings. The van der Waals surface area contributed by atoms with E-state index in [4.69, 9.17) is 0 Å². The summed E-state index contributed by atoms with van der Waals surface area (Å²) in [6, 6.07) is 12.1. The van der Waals surface area contributed by atoms with Gasteiger partial charge in [0, 0.05) is 15.8 Å². The van der Waals surface area contributed by atoms with Crippen molar-refractivity contribution in [2.75, 3.05) is 0 Å². The van der Waals surface area contributed by atoms with Crippen molar-refractivity contribution < 1.29 is 4.79 Å². The molecule has 0 N–H and O–H groups in total. The number of carbonyl (C=O) groups excluding carboxylic acids is 1. The number of rotatable bonds is 1. The Bertz CT molecular complexity index is 463. The van der Waals surface area contributed by atoms with Gasteiger partial charge in [-0.3, -0.25) is 4.79 Å². The average Bonchev–Trinajstić information content (AvgIpc) is 2.19. The monoisotopic (exact) mass is 186 g/mol. The number of hydrogen-bond acceptors (Lipinski definition) is 1. The largest absolute Gasteiger partial charge is 0.298 e. The summed E-state index contributed by atoms with van der Waals surface area (Å²) < 4.78 is 0. The van der Waals surface area contributed by atoms with E-state index in [2.05, 4.69) is 12.1 Å². The highest BCUT2D eigenvalue weighted by molar-refractivity contribution is 6.41. The molecule has 0 spiro atoms. The minimum absolute atomic E-state index is 0.838. The maximum Gasteiger partial charge on any atom is 0.149 e. The second-order valence-corrected chi connectivity index (χ2v) is 4.12. The van der Waals surface area contributed by atoms with Crippen LogP contribution < -0.4 is 5.19 Å². The Kier molecular flexibility index (Phi) is 1.98. The fourth-order valence-electron chi connectivity index (χ4n) is 1.57. The van der Waals surface area contributed by atoms with E-state index in [-0.39, 0.29) is 0 Å². The molecule has 1 nitrogen and oxygen atoms in total. The first-order valence-corrected chi connectivity index (χ1v) is 5.26. The van der Waals surface area contributed by atoms with Gasteiger partial charge in [0.15, 0.2) is 0 Å². The zero-order valence-corrected chi connectivity index (χ0v) is 9.45. The highest BCUT2D eigenvalue weighted by Gasteiger charge is 2.00. The molecule has 0 aliphatic carbocycles. The van der Waals surface area contributed by atoms with Crippen LogP contribution in [0.2, 0.25) is 0 Å². The Morgan fingerprint density at radius 3 is 2.62 bits per heavy atom. The quantitative estimate of drug-likeness (QED) is 0.472. The van der Waals surface area contributed by atoms with Crippen molar-refractivity contribution in [3.05, 3.63) is 42.0 Å². The first-order chi connectivity index (χ1) is 6.33. The van der Waals surface area contributed by atoms with Gasteiger partial charge in [-0.25, -0.2) is 0 Å². The van der Waals surface area contributed by atoms with Gasteiger partial charge < -0.3 is 0 Å². The summed E-state index contributed by atoms with van der Waals surface area (Å²) in [7, 11) is 0.917. The molecule has 2 aromatic rings. The van der Waals surface area contributed by atoms with Gasteiger partial charge in [-0.2, -0.15) is 0 Å². The third kappa shape index (κ3) is 1.29. The number of aldehydes is 1. The third-order valence-corrected chi connectivity index (χ3v) is 3.48. The minimum Gasteiger partial charge on any atom is -0.298 e. The standard InChI is InChI=1S/C11H10OSi/c12-7-9-6-5-8-3-1-2-4-10(8)11(9)13/h1-7H,13H3. The van der Waals surface area contributed by atoms with E-state index < -0.39 is 0 Å². The molecule has 64 valence electrons. The molecule has 0 aliphatic heterocycles. The molecule has 0 bridgehead atoms. The van der Waals surface area contributed by atoms with Gasteiger partial charge in [-0.15, -0.1) is 0 Å². The molecule has 0 aliphatic rings. The van der Waals surface area contributed by atoms with Crippen LogP contribution >= 0.6 is 0 Å². The summed E-state index contributed by atoms with van der Waals surface area (Å²) in [5, 5.41) is 3.64. The van der Waals surface area contributed by atoms with Crippen LogP contribution in [0.1, 0.15) is 10.4 Å². The molecule has 0 heterocycles. The lowest BCUT2D eigenvalue weighted by Gasteiger charge is -2.03. The molecule has 2 aromatic carbocycles. The van der Waals surface area contributed by atoms with Crippen molar-refractivity contribution in [2.45, 2.75) is 0 Å². The van der Waals surface area contributed by atoms with Crippen molar-refractivity contribution >= 4 is 32.5 Å². The normalized spacial score (nSPS) is 10.5. The zero-order chi connectivity index (χ0) is 9.26. The minimum atomic E-state index is 0.838. The topological polar surface area (TPSA) is 17.1 Å². The Morgan fingerprint density at radius 2 is 1.85 bits per heavy atom. The highest BCUT2D eigenvalue weighted by atomic mass is 28.1. The summed E-state index contributed by atoms with van der Waals surface area (Å²) >= 11 is 0. The second-order valence-electron chi connectivity index (χ2n) is 3.12. The van der Waals surface area contributed by atoms with Crippen molar-refractivity contribution in [1.29, 1.82) is 0 Å². The predicted octanol–water partition coefficient (Wildman–Crippen LogP) is 0.643. The zero-order valence-electron chi connectivity index (χ0n) is 7.45. The Balaban J connectivity index is 2.86. The van der Waals surface area contributed by atoms with Crippen LogP contribution in [0.25, 0.3) is 10.8 Å². The van der Waals surface area contributed by atoms with Gasteiger partial charge in [-0.05, 0) is 10.8 Å². The molecule has 0 radical (unpaired) electrons. The van der Waals surface area contributed by atoms with Gasteiger partial charge in [0.05, 0.1) is 0 Å². The van der Waals surface area contributed by atoms with E-state index in [1.165, 1.54) is 16.0 Å². The van der Waals surface area contributed by atoms with E-state index >= 15 is 0 Å². The Morgan fingerprint density at radius 1 is 1.08 bits per heavy atom. The lowest BCUT2D eigenvalue weighted by molar-refractivity contribution is 0.112. The lowest BCUT2D eigenvalue weighted by atomic mass is 10.1. The van der Waals surface area contributed by atoms with E-state index in [0.29, 0.717) is 0 Å². The van der Waals surface area contributed by atoms with Crippen LogP contribution in [-0.2, 0) is 0 Å². The molecule has 0 amide bonds. The van der Waals surface area contributed by atoms with Gasteiger partial charge in [0.2, 0.25) is 0 Å². The van der Waals surface area contributed by atoms with Crippen molar-refractivity contribution in [3.63, 3.8) is 0 Å². The van der Waals surface area contributed by atoms with E-state index in [1.54, 1.807) is 0 Å². The SMILES string of the molecule is O=Cc1ccc2ccccc2c1[SiH3]. The van der Waals surface area contributed by atoms with Crippen LogP contribution in [0, 0.1) is 0 Å². The van der Waals surface area contributed by atoms with Gasteiger partial charge >= 0.3 is 0 Å². The number of hydrogen-bond donors (Lipinski definition) is 0. The summed E-state index contributed by atoms with van der Waals surface area (Å²) in [5.74, 6) is 0. The molecule has 13 heavy (non-hydrogen) atoms. The summed E-state index contributed by atoms with van der Waals surface area (Å²) in [6.45, 7) is 0. The molecule has 0 aromatic heterocycles. The molecule has 2 heteroatoms. The Hall–Kier alpha value is -1.41. The number of carbonyl (C=O) groups is 1. The van der Waals surface area contributed by atoms with Crippen LogP contribution in [-0.4, -0.2) is 16.5 Å². The smallest absolute Gasteiger partial charge is 0.149 e. The molecule has 0 saturated heterocycles. The van der Waals surface area contributed by atoms with Crippen LogP contribution in [0.15, 0.2) is 36.4 Å². The fraction of sp³-hybridized carbons (Fsp3) is 0. The molecule has 0 unspecified atom stereocenters. The third-order valence-electron chi connectivity index (χ3n) is 2.37. The molecule has 0 atom stereocenters. The van der Waals surface area contributed by atoms with Gasteiger partial charge in [0.25, 0.3) is 0 Å². The maximum absolute atomic E-state index is 10.7. The first kappa shape index (κ1) is 8.20. The summed E-state index contributed by atoms with van der Waals surface area (Å²) in [5.41, 5.74) is 0.838. The first-order valence-electron chi connectivity index (χ1n) is 4.26. The summed E-state index contributed by atoms with van der Waals surface area (Å²) in [4.78, 5) is 10.7. The fourth-order valence-corrected chi connectivity index (χ4v) is 2.31. The van der Waals surface area contributed by atoms with E-state index in [1.807, 2.05) is 24.3 Å². The molecular weight excluding hydrogens is 176 g/mol. The maximum atomic E-state index is 10.7. The van der Waals surface area contributed by atoms with Crippen LogP contribution in [0.3, 0.4) is 0 Å². The lowest BCUT2D eigenvalue weighted by Crippen LogP contribution is -2.10. The van der Waals surface area contributed by atoms with Crippen molar-refractivity contribution in [1.82, 2.24) is 0 Å². The van der Waals surface area contributed by atoms with E-state index in [0.717, 1.165) is 22.1 Å². The molecular formula is C11H10OSi. The van der Waals surface area contributed by atoms with Crippen molar-refractivity contribution in [3.8, 4) is 0 Å². The van der Waals surface area contributed by atoms with Crippen LogP contribution in [0.5, 0.6) is 0 Å². The number of benzene rings is 2. The van der Waals surface area contributed by atoms with Gasteiger partial charge in [-0.1, -0.05) is 41.6 Å². The van der Waals surface area contributed by atoms with Crippen LogP contribution in [0.4, 0.5) is 0 Å². The summed E-state index contributed by atoms with van der Waals surface area (Å²) in [6.07, 6.45) is 0.939. The Labute approximate surface area is 79.8 Å². The van der Waals surface area contributed by atoms with E-state index in [9.17, 15) is 4.79 Å². The highest BCUT2D eigenvalue weighted by Crippen LogP contribution is 2.11. The molecule has 2 rings (SSSR count). The average molecular weight is 186 g/mol. The second kappa shape index (κ2) is 3.15. The predicted molar refractivity (Wildman–Crippen MR) is 58.9 cm³/mol. The van der Waals surface area contributed by atoms with Crippen molar-refractivity contribution in [2.24, 2.45) is 0 Å². The molecule has 0 saturated carbocycles. The van der Waals surface area contributed by atoms with Gasteiger partial charge in [0.1, 0.15) is 6.29 Å². The number of fused-ring (bicyclic) bond motifs is 1.